The third-order valence-electron chi connectivity index (χ3n) is 3.47. The summed E-state index contributed by atoms with van der Waals surface area (Å²) < 4.78 is 10.8. The molecule has 0 saturated heterocycles. The van der Waals surface area contributed by atoms with Crippen LogP contribution >= 0.6 is 0 Å². The highest BCUT2D eigenvalue weighted by molar-refractivity contribution is 5.92. The van der Waals surface area contributed by atoms with E-state index >= 15 is 0 Å². The molecular weight excluding hydrogens is 318 g/mol. The summed E-state index contributed by atoms with van der Waals surface area (Å²) in [5.41, 5.74) is 1.96. The van der Waals surface area contributed by atoms with Gasteiger partial charge in [-0.3, -0.25) is 4.79 Å². The summed E-state index contributed by atoms with van der Waals surface area (Å²) in [7, 11) is 0. The number of hydrogen-bond donors (Lipinski definition) is 2. The Labute approximate surface area is 145 Å². The van der Waals surface area contributed by atoms with Crippen molar-refractivity contribution in [3.63, 3.8) is 0 Å². The first-order chi connectivity index (χ1) is 12.3. The molecule has 3 rings (SSSR count). The van der Waals surface area contributed by atoms with Crippen molar-refractivity contribution in [2.45, 2.75) is 13.5 Å². The molecule has 25 heavy (non-hydrogen) atoms. The molecule has 0 radical (unpaired) electrons. The van der Waals surface area contributed by atoms with Gasteiger partial charge in [0.15, 0.2) is 0 Å². The van der Waals surface area contributed by atoms with Crippen LogP contribution in [0, 0.1) is 0 Å². The molecule has 0 unspecified atom stereocenters. The lowest BCUT2D eigenvalue weighted by Gasteiger charge is -2.12. The highest BCUT2D eigenvalue weighted by Gasteiger charge is 2.08. The predicted molar refractivity (Wildman–Crippen MR) is 95.0 cm³/mol. The number of carbonyl (C=O) groups is 1. The Kier molecular flexibility index (Phi) is 5.31. The van der Waals surface area contributed by atoms with E-state index in [1.807, 2.05) is 31.2 Å². The molecule has 128 valence electrons. The van der Waals surface area contributed by atoms with Crippen LogP contribution in [0.1, 0.15) is 23.2 Å². The lowest BCUT2D eigenvalue weighted by Crippen LogP contribution is -2.23. The van der Waals surface area contributed by atoms with Gasteiger partial charge in [-0.15, -0.1) is 0 Å². The first-order valence-corrected chi connectivity index (χ1v) is 8.01. The number of carbonyl (C=O) groups excluding carboxylic acids is 1. The highest BCUT2D eigenvalue weighted by atomic mass is 16.5. The van der Waals surface area contributed by atoms with Gasteiger partial charge < -0.3 is 19.8 Å². The highest BCUT2D eigenvalue weighted by Crippen LogP contribution is 2.27. The lowest BCUT2D eigenvalue weighted by atomic mass is 10.2. The van der Waals surface area contributed by atoms with Crippen LogP contribution in [0.5, 0.6) is 5.75 Å². The van der Waals surface area contributed by atoms with Gasteiger partial charge in [0.1, 0.15) is 17.2 Å². The van der Waals surface area contributed by atoms with Crippen molar-refractivity contribution in [2.24, 2.45) is 0 Å². The molecule has 0 saturated carbocycles. The Morgan fingerprint density at radius 1 is 1.16 bits per heavy atom. The second kappa shape index (κ2) is 8.01. The van der Waals surface area contributed by atoms with Crippen LogP contribution in [0.25, 0.3) is 0 Å². The van der Waals surface area contributed by atoms with Gasteiger partial charge in [0.2, 0.25) is 0 Å². The number of rotatable bonds is 7. The molecule has 2 N–H and O–H groups in total. The Balaban J connectivity index is 1.63. The minimum Gasteiger partial charge on any atom is -0.492 e. The van der Waals surface area contributed by atoms with Gasteiger partial charge in [0.25, 0.3) is 5.91 Å². The van der Waals surface area contributed by atoms with Crippen LogP contribution in [0.2, 0.25) is 0 Å². The van der Waals surface area contributed by atoms with E-state index in [4.69, 9.17) is 9.15 Å². The largest absolute Gasteiger partial charge is 0.492 e. The molecule has 2 heterocycles. The SMILES string of the molecule is CCOc1ccccc1Nc1ccc(C(=O)NCc2ccco2)nc1. The monoisotopic (exact) mass is 337 g/mol. The number of anilines is 2. The van der Waals surface area contributed by atoms with Crippen molar-refractivity contribution in [3.8, 4) is 5.75 Å². The summed E-state index contributed by atoms with van der Waals surface area (Å²) in [5, 5.41) is 6.00. The number of aromatic nitrogens is 1. The van der Waals surface area contributed by atoms with Crippen molar-refractivity contribution in [3.05, 3.63) is 72.4 Å². The molecule has 0 bridgehead atoms. The van der Waals surface area contributed by atoms with E-state index in [1.165, 1.54) is 0 Å². The number of nitrogens with one attached hydrogen (secondary N) is 2. The van der Waals surface area contributed by atoms with Crippen LogP contribution < -0.4 is 15.4 Å². The van der Waals surface area contributed by atoms with Gasteiger partial charge >= 0.3 is 0 Å². The van der Waals surface area contributed by atoms with Crippen molar-refractivity contribution in [2.75, 3.05) is 11.9 Å². The maximum atomic E-state index is 12.1. The van der Waals surface area contributed by atoms with Gasteiger partial charge in [0, 0.05) is 0 Å². The molecule has 6 nitrogen and oxygen atoms in total. The molecule has 0 spiro atoms. The van der Waals surface area contributed by atoms with E-state index in [9.17, 15) is 4.79 Å². The maximum Gasteiger partial charge on any atom is 0.270 e. The van der Waals surface area contributed by atoms with Gasteiger partial charge in [-0.1, -0.05) is 12.1 Å². The lowest BCUT2D eigenvalue weighted by molar-refractivity contribution is 0.0943. The molecule has 0 fully saturated rings. The van der Waals surface area contributed by atoms with E-state index in [0.717, 1.165) is 17.1 Å². The first-order valence-electron chi connectivity index (χ1n) is 8.01. The topological polar surface area (TPSA) is 76.4 Å². The van der Waals surface area contributed by atoms with Crippen LogP contribution in [-0.2, 0) is 6.54 Å². The Hall–Kier alpha value is -3.28. The fourth-order valence-corrected chi connectivity index (χ4v) is 2.28. The second-order valence-corrected chi connectivity index (χ2v) is 5.25. The number of para-hydroxylation sites is 2. The molecule has 0 atom stereocenters. The van der Waals surface area contributed by atoms with Crippen molar-refractivity contribution >= 4 is 17.3 Å². The Morgan fingerprint density at radius 3 is 2.76 bits per heavy atom. The van der Waals surface area contributed by atoms with E-state index in [-0.39, 0.29) is 5.91 Å². The van der Waals surface area contributed by atoms with E-state index in [0.29, 0.717) is 24.6 Å². The fourth-order valence-electron chi connectivity index (χ4n) is 2.28. The standard InChI is InChI=1S/C19H19N3O3/c1-2-24-18-8-4-3-7-16(18)22-14-9-10-17(20-12-14)19(23)21-13-15-6-5-11-25-15/h3-12,22H,2,13H2,1H3,(H,21,23). The summed E-state index contributed by atoms with van der Waals surface area (Å²) in [6.07, 6.45) is 3.19. The van der Waals surface area contributed by atoms with Crippen LogP contribution in [0.4, 0.5) is 11.4 Å². The minimum atomic E-state index is -0.252. The molecule has 6 heteroatoms. The molecule has 0 aliphatic carbocycles. The summed E-state index contributed by atoms with van der Waals surface area (Å²) >= 11 is 0. The maximum absolute atomic E-state index is 12.1. The van der Waals surface area contributed by atoms with Gasteiger partial charge in [-0.05, 0) is 43.3 Å². The zero-order chi connectivity index (χ0) is 17.5. The van der Waals surface area contributed by atoms with Gasteiger partial charge in [0.05, 0.1) is 37.0 Å². The number of amides is 1. The Morgan fingerprint density at radius 2 is 2.04 bits per heavy atom. The normalized spacial score (nSPS) is 10.3. The number of benzene rings is 1. The van der Waals surface area contributed by atoms with E-state index in [2.05, 4.69) is 15.6 Å². The third-order valence-corrected chi connectivity index (χ3v) is 3.47. The van der Waals surface area contributed by atoms with E-state index < -0.39 is 0 Å². The summed E-state index contributed by atoms with van der Waals surface area (Å²) in [4.78, 5) is 16.3. The second-order valence-electron chi connectivity index (χ2n) is 5.25. The molecule has 0 aliphatic rings. The number of hydrogen-bond acceptors (Lipinski definition) is 5. The number of furan rings is 1. The number of pyridine rings is 1. The molecule has 2 aromatic heterocycles. The van der Waals surface area contributed by atoms with Crippen molar-refractivity contribution in [1.29, 1.82) is 0 Å². The number of ether oxygens (including phenoxy) is 1. The fraction of sp³-hybridized carbons (Fsp3) is 0.158. The van der Waals surface area contributed by atoms with Crippen molar-refractivity contribution < 1.29 is 13.9 Å². The summed E-state index contributed by atoms with van der Waals surface area (Å²) in [6.45, 7) is 2.86. The molecule has 3 aromatic rings. The van der Waals surface area contributed by atoms with Crippen molar-refractivity contribution in [1.82, 2.24) is 10.3 Å². The molecular formula is C19H19N3O3. The molecule has 1 amide bonds. The average molecular weight is 337 g/mol. The third kappa shape index (κ3) is 4.38. The zero-order valence-corrected chi connectivity index (χ0v) is 13.9. The quantitative estimate of drug-likeness (QED) is 0.687. The summed E-state index contributed by atoms with van der Waals surface area (Å²) in [5.74, 6) is 1.21. The smallest absolute Gasteiger partial charge is 0.270 e. The predicted octanol–water partition coefficient (Wildman–Crippen LogP) is 3.75. The van der Waals surface area contributed by atoms with E-state index in [1.54, 1.807) is 36.7 Å². The van der Waals surface area contributed by atoms with Gasteiger partial charge in [-0.25, -0.2) is 4.98 Å². The molecule has 0 aliphatic heterocycles. The minimum absolute atomic E-state index is 0.252. The number of nitrogens with zero attached hydrogens (tertiary/aromatic N) is 1. The van der Waals surface area contributed by atoms with Crippen LogP contribution in [0.3, 0.4) is 0 Å². The zero-order valence-electron chi connectivity index (χ0n) is 13.9. The first kappa shape index (κ1) is 16.6. The van der Waals surface area contributed by atoms with Gasteiger partial charge in [-0.2, -0.15) is 0 Å². The molecule has 1 aromatic carbocycles. The summed E-state index contributed by atoms with van der Waals surface area (Å²) in [6, 6.07) is 14.7. The Bertz CT molecular complexity index is 814. The van der Waals surface area contributed by atoms with Crippen LogP contribution in [-0.4, -0.2) is 17.5 Å². The van der Waals surface area contributed by atoms with Crippen LogP contribution in [0.15, 0.2) is 65.4 Å². The average Bonchev–Trinajstić information content (AvgIpc) is 3.16.